The standard InChI is InChI=1S/C9H12FN3O/c10-7-4-11-9(12-5-7)13-3-1-2-8(13)6-14/h4-5,8,14H,1-3,6H2/t8-/m1/s1. The smallest absolute Gasteiger partial charge is 0.225 e. The lowest BCUT2D eigenvalue weighted by atomic mass is 10.2. The zero-order valence-corrected chi connectivity index (χ0v) is 7.73. The molecule has 0 spiro atoms. The van der Waals surface area contributed by atoms with Crippen molar-refractivity contribution in [1.29, 1.82) is 0 Å². The summed E-state index contributed by atoms with van der Waals surface area (Å²) in [4.78, 5) is 9.69. The highest BCUT2D eigenvalue weighted by Gasteiger charge is 2.25. The second-order valence-electron chi connectivity index (χ2n) is 3.37. The maximum absolute atomic E-state index is 12.6. The number of rotatable bonds is 2. The van der Waals surface area contributed by atoms with Crippen LogP contribution >= 0.6 is 0 Å². The van der Waals surface area contributed by atoms with Crippen LogP contribution in [0.4, 0.5) is 10.3 Å². The largest absolute Gasteiger partial charge is 0.394 e. The van der Waals surface area contributed by atoms with Gasteiger partial charge in [-0.2, -0.15) is 0 Å². The highest BCUT2D eigenvalue weighted by molar-refractivity contribution is 5.32. The highest BCUT2D eigenvalue weighted by Crippen LogP contribution is 2.21. The van der Waals surface area contributed by atoms with Crippen molar-refractivity contribution in [2.45, 2.75) is 18.9 Å². The molecule has 0 saturated carbocycles. The lowest BCUT2D eigenvalue weighted by molar-refractivity contribution is 0.265. The summed E-state index contributed by atoms with van der Waals surface area (Å²) in [5.41, 5.74) is 0. The number of hydrogen-bond donors (Lipinski definition) is 1. The Hall–Kier alpha value is -1.23. The molecule has 0 aliphatic carbocycles. The summed E-state index contributed by atoms with van der Waals surface area (Å²) in [6, 6.07) is 0.0838. The quantitative estimate of drug-likeness (QED) is 0.753. The highest BCUT2D eigenvalue weighted by atomic mass is 19.1. The number of nitrogens with zero attached hydrogens (tertiary/aromatic N) is 3. The van der Waals surface area contributed by atoms with Gasteiger partial charge in [0.05, 0.1) is 25.0 Å². The first-order chi connectivity index (χ1) is 6.81. The molecule has 1 saturated heterocycles. The Balaban J connectivity index is 2.17. The molecule has 1 aliphatic rings. The van der Waals surface area contributed by atoms with Crippen molar-refractivity contribution in [3.63, 3.8) is 0 Å². The molecule has 0 bridgehead atoms. The second-order valence-corrected chi connectivity index (χ2v) is 3.37. The van der Waals surface area contributed by atoms with Crippen LogP contribution in [0.15, 0.2) is 12.4 Å². The van der Waals surface area contributed by atoms with Crippen LogP contribution in [0, 0.1) is 5.82 Å². The zero-order valence-electron chi connectivity index (χ0n) is 7.73. The zero-order chi connectivity index (χ0) is 9.97. The van der Waals surface area contributed by atoms with Crippen molar-refractivity contribution in [3.05, 3.63) is 18.2 Å². The number of aliphatic hydroxyl groups excluding tert-OH is 1. The fourth-order valence-corrected chi connectivity index (χ4v) is 1.74. The van der Waals surface area contributed by atoms with Crippen LogP contribution in [0.3, 0.4) is 0 Å². The average Bonchev–Trinajstić information content (AvgIpc) is 2.67. The SMILES string of the molecule is OC[C@H]1CCCN1c1ncc(F)cn1. The van der Waals surface area contributed by atoms with E-state index in [1.165, 1.54) is 0 Å². The van der Waals surface area contributed by atoms with Crippen LogP contribution in [-0.2, 0) is 0 Å². The fourth-order valence-electron chi connectivity index (χ4n) is 1.74. The summed E-state index contributed by atoms with van der Waals surface area (Å²) >= 11 is 0. The Kier molecular flexibility index (Phi) is 2.58. The van der Waals surface area contributed by atoms with Gasteiger partial charge < -0.3 is 10.0 Å². The van der Waals surface area contributed by atoms with E-state index in [0.717, 1.165) is 31.8 Å². The summed E-state index contributed by atoms with van der Waals surface area (Å²) < 4.78 is 12.6. The molecule has 5 heteroatoms. The van der Waals surface area contributed by atoms with E-state index in [4.69, 9.17) is 5.11 Å². The first-order valence-corrected chi connectivity index (χ1v) is 4.66. The minimum absolute atomic E-state index is 0.0838. The van der Waals surface area contributed by atoms with Crippen LogP contribution in [0.5, 0.6) is 0 Å². The van der Waals surface area contributed by atoms with E-state index >= 15 is 0 Å². The van der Waals surface area contributed by atoms with Crippen LogP contribution < -0.4 is 4.90 Å². The molecule has 2 rings (SSSR count). The summed E-state index contributed by atoms with van der Waals surface area (Å²) in [5, 5.41) is 9.08. The van der Waals surface area contributed by atoms with Gasteiger partial charge in [-0.1, -0.05) is 0 Å². The predicted molar refractivity (Wildman–Crippen MR) is 49.4 cm³/mol. The molecular weight excluding hydrogens is 185 g/mol. The minimum atomic E-state index is -0.437. The Morgan fingerprint density at radius 1 is 1.50 bits per heavy atom. The molecule has 76 valence electrons. The number of hydrogen-bond acceptors (Lipinski definition) is 4. The summed E-state index contributed by atoms with van der Waals surface area (Å²) in [7, 11) is 0. The topological polar surface area (TPSA) is 49.2 Å². The second kappa shape index (κ2) is 3.88. The van der Waals surface area contributed by atoms with E-state index in [2.05, 4.69) is 9.97 Å². The van der Waals surface area contributed by atoms with E-state index in [-0.39, 0.29) is 12.6 Å². The molecule has 1 fully saturated rings. The molecule has 0 amide bonds. The van der Waals surface area contributed by atoms with Crippen LogP contribution in [0.1, 0.15) is 12.8 Å². The number of aliphatic hydroxyl groups is 1. The van der Waals surface area contributed by atoms with Crippen molar-refractivity contribution < 1.29 is 9.50 Å². The minimum Gasteiger partial charge on any atom is -0.394 e. The molecule has 1 aliphatic heterocycles. The summed E-state index contributed by atoms with van der Waals surface area (Å²) in [6.45, 7) is 0.928. The van der Waals surface area contributed by atoms with Gasteiger partial charge in [0, 0.05) is 6.54 Å². The van der Waals surface area contributed by atoms with E-state index in [0.29, 0.717) is 5.95 Å². The lowest BCUT2D eigenvalue weighted by Gasteiger charge is -2.22. The van der Waals surface area contributed by atoms with Gasteiger partial charge in [-0.25, -0.2) is 14.4 Å². The summed E-state index contributed by atoms with van der Waals surface area (Å²) in [6.07, 6.45) is 4.26. The van der Waals surface area contributed by atoms with Crippen LogP contribution in [-0.4, -0.2) is 34.3 Å². The Bertz CT molecular complexity index is 303. The molecule has 2 heterocycles. The van der Waals surface area contributed by atoms with Crippen molar-refractivity contribution in [3.8, 4) is 0 Å². The third-order valence-electron chi connectivity index (χ3n) is 2.45. The Morgan fingerprint density at radius 2 is 2.21 bits per heavy atom. The van der Waals surface area contributed by atoms with Crippen molar-refractivity contribution in [1.82, 2.24) is 9.97 Å². The van der Waals surface area contributed by atoms with Gasteiger partial charge in [-0.3, -0.25) is 0 Å². The Morgan fingerprint density at radius 3 is 2.86 bits per heavy atom. The first-order valence-electron chi connectivity index (χ1n) is 4.66. The number of halogens is 1. The van der Waals surface area contributed by atoms with Gasteiger partial charge in [-0.15, -0.1) is 0 Å². The first kappa shape index (κ1) is 9.33. The predicted octanol–water partition coefficient (Wildman–Crippen LogP) is 0.577. The van der Waals surface area contributed by atoms with Crippen molar-refractivity contribution >= 4 is 5.95 Å². The number of aromatic nitrogens is 2. The van der Waals surface area contributed by atoms with E-state index in [1.807, 2.05) is 4.90 Å². The van der Waals surface area contributed by atoms with Crippen LogP contribution in [0.2, 0.25) is 0 Å². The number of anilines is 1. The van der Waals surface area contributed by atoms with Crippen LogP contribution in [0.25, 0.3) is 0 Å². The molecule has 1 atom stereocenters. The lowest BCUT2D eigenvalue weighted by Crippen LogP contribution is -2.33. The third kappa shape index (κ3) is 1.68. The molecule has 14 heavy (non-hydrogen) atoms. The monoisotopic (exact) mass is 197 g/mol. The molecule has 0 aromatic carbocycles. The van der Waals surface area contributed by atoms with E-state index in [1.54, 1.807) is 0 Å². The van der Waals surface area contributed by atoms with Gasteiger partial charge in [0.2, 0.25) is 5.95 Å². The van der Waals surface area contributed by atoms with E-state index < -0.39 is 5.82 Å². The maximum atomic E-state index is 12.6. The normalized spacial score (nSPS) is 21.6. The van der Waals surface area contributed by atoms with Gasteiger partial charge in [-0.05, 0) is 12.8 Å². The van der Waals surface area contributed by atoms with Crippen molar-refractivity contribution in [2.24, 2.45) is 0 Å². The van der Waals surface area contributed by atoms with Gasteiger partial charge >= 0.3 is 0 Å². The summed E-state index contributed by atoms with van der Waals surface area (Å²) in [5.74, 6) is 0.0662. The fraction of sp³-hybridized carbons (Fsp3) is 0.556. The molecule has 1 aromatic rings. The van der Waals surface area contributed by atoms with Gasteiger partial charge in [0.1, 0.15) is 0 Å². The third-order valence-corrected chi connectivity index (χ3v) is 2.45. The molecule has 1 N–H and O–H groups in total. The average molecular weight is 197 g/mol. The van der Waals surface area contributed by atoms with Gasteiger partial charge in [0.15, 0.2) is 5.82 Å². The molecule has 0 radical (unpaired) electrons. The molecule has 1 aromatic heterocycles. The molecule has 0 unspecified atom stereocenters. The molecule has 4 nitrogen and oxygen atoms in total. The van der Waals surface area contributed by atoms with Gasteiger partial charge in [0.25, 0.3) is 0 Å². The van der Waals surface area contributed by atoms with E-state index in [9.17, 15) is 4.39 Å². The van der Waals surface area contributed by atoms with Crippen molar-refractivity contribution in [2.75, 3.05) is 18.1 Å². The maximum Gasteiger partial charge on any atom is 0.225 e. The Labute approximate surface area is 81.4 Å². The molecular formula is C9H12FN3O.